The van der Waals surface area contributed by atoms with E-state index >= 15 is 0 Å². The molecule has 0 aromatic heterocycles. The van der Waals surface area contributed by atoms with Crippen molar-refractivity contribution in [3.63, 3.8) is 0 Å². The first-order valence-corrected chi connectivity index (χ1v) is 7.73. The summed E-state index contributed by atoms with van der Waals surface area (Å²) in [6.45, 7) is 12.3. The van der Waals surface area contributed by atoms with Crippen LogP contribution in [0, 0.1) is 0 Å². The maximum absolute atomic E-state index is 5.84. The maximum Gasteiger partial charge on any atom is 0.258 e. The number of hydrogen-bond acceptors (Lipinski definition) is 3. The van der Waals surface area contributed by atoms with Crippen LogP contribution < -0.4 is 0 Å². The van der Waals surface area contributed by atoms with Crippen molar-refractivity contribution in [3.8, 4) is 0 Å². The van der Waals surface area contributed by atoms with E-state index in [9.17, 15) is 0 Å². The van der Waals surface area contributed by atoms with Crippen molar-refractivity contribution in [2.45, 2.75) is 53.4 Å². The van der Waals surface area contributed by atoms with Gasteiger partial charge < -0.3 is 9.05 Å². The summed E-state index contributed by atoms with van der Waals surface area (Å²) in [6.07, 6.45) is 4.60. The van der Waals surface area contributed by atoms with Crippen molar-refractivity contribution in [1.29, 1.82) is 0 Å². The van der Waals surface area contributed by atoms with Crippen LogP contribution in [0.3, 0.4) is 0 Å². The molecule has 0 unspecified atom stereocenters. The topological polar surface area (TPSA) is 21.7 Å². The SMILES string of the molecule is CCCCOP(OCCCC)N(CC)CC. The van der Waals surface area contributed by atoms with Gasteiger partial charge in [0.25, 0.3) is 8.53 Å². The average Bonchev–Trinajstić information content (AvgIpc) is 2.30. The Morgan fingerprint density at radius 3 is 1.56 bits per heavy atom. The third-order valence-corrected chi connectivity index (χ3v) is 4.19. The summed E-state index contributed by atoms with van der Waals surface area (Å²) >= 11 is 0. The molecule has 0 rings (SSSR count). The van der Waals surface area contributed by atoms with E-state index in [0.29, 0.717) is 0 Å². The van der Waals surface area contributed by atoms with Crippen molar-refractivity contribution in [2.24, 2.45) is 0 Å². The van der Waals surface area contributed by atoms with Gasteiger partial charge in [-0.2, -0.15) is 0 Å². The van der Waals surface area contributed by atoms with Crippen molar-refractivity contribution >= 4 is 8.53 Å². The lowest BCUT2D eigenvalue weighted by Crippen LogP contribution is -2.20. The van der Waals surface area contributed by atoms with E-state index < -0.39 is 8.53 Å². The first-order valence-electron chi connectivity index (χ1n) is 6.60. The van der Waals surface area contributed by atoms with E-state index in [2.05, 4.69) is 32.4 Å². The molecule has 0 N–H and O–H groups in total. The highest BCUT2D eigenvalue weighted by molar-refractivity contribution is 7.44. The Bertz CT molecular complexity index is 133. The summed E-state index contributed by atoms with van der Waals surface area (Å²) in [4.78, 5) is 0. The molecule has 0 bridgehead atoms. The molecule has 0 aliphatic rings. The van der Waals surface area contributed by atoms with Gasteiger partial charge in [0.15, 0.2) is 0 Å². The Morgan fingerprint density at radius 1 is 0.812 bits per heavy atom. The highest BCUT2D eigenvalue weighted by Crippen LogP contribution is 2.42. The molecule has 0 amide bonds. The Kier molecular flexibility index (Phi) is 12.0. The fourth-order valence-corrected chi connectivity index (χ4v) is 2.66. The van der Waals surface area contributed by atoms with E-state index in [-0.39, 0.29) is 0 Å². The molecule has 0 spiro atoms. The third kappa shape index (κ3) is 7.56. The summed E-state index contributed by atoms with van der Waals surface area (Å²) in [6, 6.07) is 0. The van der Waals surface area contributed by atoms with Gasteiger partial charge in [-0.15, -0.1) is 0 Å². The van der Waals surface area contributed by atoms with Crippen LogP contribution in [0.1, 0.15) is 53.4 Å². The molecule has 98 valence electrons. The molecular formula is C12H28NO2P. The summed E-state index contributed by atoms with van der Waals surface area (Å²) in [5, 5.41) is 0. The van der Waals surface area contributed by atoms with Crippen LogP contribution in [0.2, 0.25) is 0 Å². The minimum Gasteiger partial charge on any atom is -0.322 e. The molecule has 0 aromatic rings. The van der Waals surface area contributed by atoms with Crippen LogP contribution in [-0.2, 0) is 9.05 Å². The third-order valence-electron chi connectivity index (χ3n) is 2.36. The Morgan fingerprint density at radius 2 is 1.25 bits per heavy atom. The van der Waals surface area contributed by atoms with Crippen molar-refractivity contribution in [1.82, 2.24) is 4.67 Å². The summed E-state index contributed by atoms with van der Waals surface area (Å²) in [5.74, 6) is 0. The van der Waals surface area contributed by atoms with Crippen LogP contribution in [0.25, 0.3) is 0 Å². The molecule has 16 heavy (non-hydrogen) atoms. The summed E-state index contributed by atoms with van der Waals surface area (Å²) in [7, 11) is -0.814. The van der Waals surface area contributed by atoms with E-state index in [1.807, 2.05) is 0 Å². The van der Waals surface area contributed by atoms with Crippen LogP contribution in [0.5, 0.6) is 0 Å². The van der Waals surface area contributed by atoms with Crippen molar-refractivity contribution in [2.75, 3.05) is 26.3 Å². The molecule has 0 aliphatic heterocycles. The van der Waals surface area contributed by atoms with Crippen LogP contribution >= 0.6 is 8.53 Å². The quantitative estimate of drug-likeness (QED) is 0.405. The van der Waals surface area contributed by atoms with E-state index in [4.69, 9.17) is 9.05 Å². The van der Waals surface area contributed by atoms with Gasteiger partial charge in [-0.05, 0) is 12.8 Å². The minimum absolute atomic E-state index is 0.814. The second kappa shape index (κ2) is 11.8. The van der Waals surface area contributed by atoms with Gasteiger partial charge in [0.05, 0.1) is 13.2 Å². The van der Waals surface area contributed by atoms with Gasteiger partial charge in [-0.25, -0.2) is 4.67 Å². The van der Waals surface area contributed by atoms with E-state index in [1.54, 1.807) is 0 Å². The zero-order valence-corrected chi connectivity index (χ0v) is 12.3. The van der Waals surface area contributed by atoms with Gasteiger partial charge in [0.1, 0.15) is 0 Å². The zero-order valence-electron chi connectivity index (χ0n) is 11.4. The Balaban J connectivity index is 3.93. The average molecular weight is 249 g/mol. The molecule has 0 saturated heterocycles. The first kappa shape index (κ1) is 16.3. The van der Waals surface area contributed by atoms with Crippen LogP contribution in [0.15, 0.2) is 0 Å². The van der Waals surface area contributed by atoms with Crippen molar-refractivity contribution in [3.05, 3.63) is 0 Å². The second-order valence-corrected chi connectivity index (χ2v) is 5.31. The monoisotopic (exact) mass is 249 g/mol. The van der Waals surface area contributed by atoms with Gasteiger partial charge in [-0.1, -0.05) is 40.5 Å². The van der Waals surface area contributed by atoms with Gasteiger partial charge >= 0.3 is 0 Å². The predicted molar refractivity (Wildman–Crippen MR) is 71.6 cm³/mol. The minimum atomic E-state index is -0.814. The number of unbranched alkanes of at least 4 members (excludes halogenated alkanes) is 2. The smallest absolute Gasteiger partial charge is 0.258 e. The lowest BCUT2D eigenvalue weighted by atomic mass is 10.4. The second-order valence-electron chi connectivity index (χ2n) is 3.75. The van der Waals surface area contributed by atoms with Crippen LogP contribution in [-0.4, -0.2) is 31.0 Å². The molecule has 3 nitrogen and oxygen atoms in total. The van der Waals surface area contributed by atoms with E-state index in [0.717, 1.165) is 39.1 Å². The zero-order chi connectivity index (χ0) is 12.2. The lowest BCUT2D eigenvalue weighted by Gasteiger charge is -2.27. The highest BCUT2D eigenvalue weighted by Gasteiger charge is 2.17. The largest absolute Gasteiger partial charge is 0.322 e. The molecule has 0 aliphatic carbocycles. The predicted octanol–water partition coefficient (Wildman–Crippen LogP) is 4.19. The molecule has 0 saturated carbocycles. The summed E-state index contributed by atoms with van der Waals surface area (Å²) < 4.78 is 14.0. The highest BCUT2D eigenvalue weighted by atomic mass is 31.2. The Hall–Kier alpha value is 0.310. The van der Waals surface area contributed by atoms with Crippen molar-refractivity contribution < 1.29 is 9.05 Å². The Labute approximate surface area is 102 Å². The normalized spacial score (nSPS) is 11.6. The maximum atomic E-state index is 5.84. The molecule has 0 radical (unpaired) electrons. The van der Waals surface area contributed by atoms with Gasteiger partial charge in [0, 0.05) is 13.1 Å². The number of hydrogen-bond donors (Lipinski definition) is 0. The number of rotatable bonds is 11. The molecule has 0 atom stereocenters. The van der Waals surface area contributed by atoms with E-state index in [1.165, 1.54) is 12.8 Å². The lowest BCUT2D eigenvalue weighted by molar-refractivity contribution is 0.203. The molecule has 0 fully saturated rings. The van der Waals surface area contributed by atoms with Crippen LogP contribution in [0.4, 0.5) is 0 Å². The molecule has 0 heterocycles. The molecule has 0 aromatic carbocycles. The fraction of sp³-hybridized carbons (Fsp3) is 1.00. The first-order chi connectivity index (χ1) is 7.79. The number of nitrogens with zero attached hydrogens (tertiary/aromatic N) is 1. The van der Waals surface area contributed by atoms with Gasteiger partial charge in [-0.3, -0.25) is 0 Å². The van der Waals surface area contributed by atoms with Gasteiger partial charge in [0.2, 0.25) is 0 Å². The standard InChI is InChI=1S/C12H28NO2P/c1-5-9-11-14-16(13(7-3)8-4)15-12-10-6-2/h5-12H2,1-4H3. The fourth-order valence-electron chi connectivity index (χ4n) is 1.23. The molecular weight excluding hydrogens is 221 g/mol. The summed E-state index contributed by atoms with van der Waals surface area (Å²) in [5.41, 5.74) is 0. The molecule has 4 heteroatoms.